The van der Waals surface area contributed by atoms with Crippen LogP contribution in [0.15, 0.2) is 30.3 Å². The van der Waals surface area contributed by atoms with Crippen molar-refractivity contribution in [2.75, 3.05) is 7.05 Å². The first kappa shape index (κ1) is 9.58. The predicted octanol–water partition coefficient (Wildman–Crippen LogP) is 1.73. The van der Waals surface area contributed by atoms with Gasteiger partial charge in [0, 0.05) is 12.4 Å². The molecule has 0 saturated carbocycles. The van der Waals surface area contributed by atoms with Gasteiger partial charge in [-0.15, -0.1) is 0 Å². The van der Waals surface area contributed by atoms with Crippen molar-refractivity contribution in [3.8, 4) is 0 Å². The molecule has 0 spiro atoms. The highest BCUT2D eigenvalue weighted by atomic mass is 19.1. The zero-order valence-corrected chi connectivity index (χ0v) is 8.12. The van der Waals surface area contributed by atoms with Crippen LogP contribution in [0.4, 0.5) is 4.39 Å². The molecule has 0 bridgehead atoms. The third kappa shape index (κ3) is 1.79. The zero-order valence-electron chi connectivity index (χ0n) is 8.12. The van der Waals surface area contributed by atoms with E-state index in [-0.39, 0.29) is 11.7 Å². The molecule has 1 amide bonds. The molecule has 1 aromatic carbocycles. The van der Waals surface area contributed by atoms with Gasteiger partial charge in [-0.25, -0.2) is 9.37 Å². The number of fused-ring (bicyclic) bond motifs is 1. The SMILES string of the molecule is CNC(=O)c1ccc2cc(F)ccc2n1. The highest BCUT2D eigenvalue weighted by molar-refractivity contribution is 5.94. The summed E-state index contributed by atoms with van der Waals surface area (Å²) in [4.78, 5) is 15.4. The molecule has 0 fully saturated rings. The van der Waals surface area contributed by atoms with Gasteiger partial charge in [-0.2, -0.15) is 0 Å². The molecule has 0 saturated heterocycles. The van der Waals surface area contributed by atoms with Gasteiger partial charge < -0.3 is 5.32 Å². The van der Waals surface area contributed by atoms with Crippen molar-refractivity contribution >= 4 is 16.8 Å². The highest BCUT2D eigenvalue weighted by Gasteiger charge is 2.05. The number of hydrogen-bond donors (Lipinski definition) is 1. The van der Waals surface area contributed by atoms with E-state index in [1.54, 1.807) is 25.2 Å². The van der Waals surface area contributed by atoms with Crippen molar-refractivity contribution in [1.29, 1.82) is 0 Å². The predicted molar refractivity (Wildman–Crippen MR) is 55.1 cm³/mol. The molecular formula is C11H9FN2O. The van der Waals surface area contributed by atoms with E-state index in [0.29, 0.717) is 16.6 Å². The number of nitrogens with one attached hydrogen (secondary N) is 1. The minimum absolute atomic E-state index is 0.249. The van der Waals surface area contributed by atoms with Gasteiger partial charge in [0.2, 0.25) is 0 Å². The second-order valence-electron chi connectivity index (χ2n) is 3.11. The second-order valence-corrected chi connectivity index (χ2v) is 3.11. The van der Waals surface area contributed by atoms with E-state index in [0.717, 1.165) is 0 Å². The second kappa shape index (κ2) is 3.65. The monoisotopic (exact) mass is 204 g/mol. The van der Waals surface area contributed by atoms with Crippen LogP contribution < -0.4 is 5.32 Å². The topological polar surface area (TPSA) is 42.0 Å². The van der Waals surface area contributed by atoms with E-state index in [2.05, 4.69) is 10.3 Å². The van der Waals surface area contributed by atoms with Crippen molar-refractivity contribution in [2.45, 2.75) is 0 Å². The largest absolute Gasteiger partial charge is 0.354 e. The summed E-state index contributed by atoms with van der Waals surface area (Å²) in [6.45, 7) is 0. The van der Waals surface area contributed by atoms with Crippen LogP contribution in [0.5, 0.6) is 0 Å². The quantitative estimate of drug-likeness (QED) is 0.768. The summed E-state index contributed by atoms with van der Waals surface area (Å²) in [5.41, 5.74) is 0.939. The van der Waals surface area contributed by atoms with Crippen LogP contribution in [-0.4, -0.2) is 17.9 Å². The lowest BCUT2D eigenvalue weighted by Crippen LogP contribution is -2.18. The Morgan fingerprint density at radius 3 is 2.87 bits per heavy atom. The standard InChI is InChI=1S/C11H9FN2O/c1-13-11(15)10-4-2-7-6-8(12)3-5-9(7)14-10/h2-6H,1H3,(H,13,15). The summed E-state index contributed by atoms with van der Waals surface area (Å²) in [7, 11) is 1.54. The molecule has 76 valence electrons. The molecule has 15 heavy (non-hydrogen) atoms. The summed E-state index contributed by atoms with van der Waals surface area (Å²) < 4.78 is 12.9. The van der Waals surface area contributed by atoms with Crippen molar-refractivity contribution in [1.82, 2.24) is 10.3 Å². The Bertz CT molecular complexity index is 525. The van der Waals surface area contributed by atoms with Crippen molar-refractivity contribution in [3.05, 3.63) is 41.8 Å². The van der Waals surface area contributed by atoms with Gasteiger partial charge in [0.1, 0.15) is 11.5 Å². The van der Waals surface area contributed by atoms with E-state index in [1.807, 2.05) is 0 Å². The number of carbonyl (C=O) groups excluding carboxylic acids is 1. The highest BCUT2D eigenvalue weighted by Crippen LogP contribution is 2.13. The summed E-state index contributed by atoms with van der Waals surface area (Å²) in [5.74, 6) is -0.557. The number of nitrogens with zero attached hydrogens (tertiary/aromatic N) is 1. The number of hydrogen-bond acceptors (Lipinski definition) is 2. The van der Waals surface area contributed by atoms with Gasteiger partial charge in [-0.1, -0.05) is 6.07 Å². The molecule has 0 unspecified atom stereocenters. The Labute approximate surface area is 85.9 Å². The van der Waals surface area contributed by atoms with Crippen LogP contribution in [0.25, 0.3) is 10.9 Å². The van der Waals surface area contributed by atoms with E-state index >= 15 is 0 Å². The lowest BCUT2D eigenvalue weighted by Gasteiger charge is -2.01. The van der Waals surface area contributed by atoms with Crippen LogP contribution in [0.1, 0.15) is 10.5 Å². The summed E-state index contributed by atoms with van der Waals surface area (Å²) in [5, 5.41) is 3.16. The van der Waals surface area contributed by atoms with Crippen molar-refractivity contribution in [2.24, 2.45) is 0 Å². The molecule has 0 radical (unpaired) electrons. The maximum atomic E-state index is 12.9. The van der Waals surface area contributed by atoms with Crippen molar-refractivity contribution in [3.63, 3.8) is 0 Å². The van der Waals surface area contributed by atoms with Gasteiger partial charge in [0.25, 0.3) is 5.91 Å². The van der Waals surface area contributed by atoms with Gasteiger partial charge in [-0.05, 0) is 24.3 Å². The summed E-state index contributed by atoms with van der Waals surface area (Å²) in [6, 6.07) is 7.51. The maximum Gasteiger partial charge on any atom is 0.269 e. The molecule has 3 nitrogen and oxygen atoms in total. The molecule has 0 aliphatic heterocycles. The van der Waals surface area contributed by atoms with E-state index < -0.39 is 0 Å². The number of pyridine rings is 1. The van der Waals surface area contributed by atoms with Gasteiger partial charge >= 0.3 is 0 Å². The Kier molecular flexibility index (Phi) is 2.33. The smallest absolute Gasteiger partial charge is 0.269 e. The fraction of sp³-hybridized carbons (Fsp3) is 0.0909. The molecule has 0 atom stereocenters. The van der Waals surface area contributed by atoms with Crippen LogP contribution in [0.3, 0.4) is 0 Å². The number of benzene rings is 1. The van der Waals surface area contributed by atoms with Crippen LogP contribution in [0, 0.1) is 5.82 Å². The molecule has 0 aliphatic carbocycles. The summed E-state index contributed by atoms with van der Waals surface area (Å²) >= 11 is 0. The Morgan fingerprint density at radius 1 is 1.33 bits per heavy atom. The van der Waals surface area contributed by atoms with Crippen LogP contribution in [0.2, 0.25) is 0 Å². The van der Waals surface area contributed by atoms with Crippen LogP contribution in [-0.2, 0) is 0 Å². The average Bonchev–Trinajstić information content (AvgIpc) is 2.27. The minimum atomic E-state index is -0.308. The first-order valence-corrected chi connectivity index (χ1v) is 4.49. The fourth-order valence-corrected chi connectivity index (χ4v) is 1.35. The Hall–Kier alpha value is -1.97. The lowest BCUT2D eigenvalue weighted by atomic mass is 10.2. The molecule has 1 heterocycles. The molecule has 0 aliphatic rings. The van der Waals surface area contributed by atoms with E-state index in [4.69, 9.17) is 0 Å². The van der Waals surface area contributed by atoms with E-state index in [1.165, 1.54) is 12.1 Å². The summed E-state index contributed by atoms with van der Waals surface area (Å²) in [6.07, 6.45) is 0. The lowest BCUT2D eigenvalue weighted by molar-refractivity contribution is 0.0958. The van der Waals surface area contributed by atoms with Crippen molar-refractivity contribution < 1.29 is 9.18 Å². The maximum absolute atomic E-state index is 12.9. The Balaban J connectivity index is 2.57. The third-order valence-corrected chi connectivity index (χ3v) is 2.11. The normalized spacial score (nSPS) is 10.3. The molecule has 4 heteroatoms. The molecule has 1 aromatic heterocycles. The number of carbonyl (C=O) groups is 1. The van der Waals surface area contributed by atoms with E-state index in [9.17, 15) is 9.18 Å². The average molecular weight is 204 g/mol. The number of rotatable bonds is 1. The number of aromatic nitrogens is 1. The van der Waals surface area contributed by atoms with Gasteiger partial charge in [0.05, 0.1) is 5.52 Å². The molecular weight excluding hydrogens is 195 g/mol. The zero-order chi connectivity index (χ0) is 10.8. The number of amides is 1. The van der Waals surface area contributed by atoms with Crippen LogP contribution >= 0.6 is 0 Å². The molecule has 1 N–H and O–H groups in total. The minimum Gasteiger partial charge on any atom is -0.354 e. The molecule has 2 aromatic rings. The van der Waals surface area contributed by atoms with Gasteiger partial charge in [0.15, 0.2) is 0 Å². The molecule has 2 rings (SSSR count). The first-order chi connectivity index (χ1) is 7.20. The Morgan fingerprint density at radius 2 is 2.13 bits per heavy atom. The third-order valence-electron chi connectivity index (χ3n) is 2.11. The first-order valence-electron chi connectivity index (χ1n) is 4.49. The fourth-order valence-electron chi connectivity index (χ4n) is 1.35. The van der Waals surface area contributed by atoms with Gasteiger partial charge in [-0.3, -0.25) is 4.79 Å². The number of halogens is 1.